The standard InChI is InChI=1S/C22H20N2O4/c1-28-22(27)17-9-5-10-18(12-17)24-21(26)14-23-20(25)13-16-8-4-7-15-6-2-3-11-19(15)16/h2-12H,13-14H2,1H3,(H,23,25)(H,24,26). The second kappa shape index (κ2) is 8.81. The van der Waals surface area contributed by atoms with Crippen LogP contribution < -0.4 is 10.6 Å². The predicted octanol–water partition coefficient (Wildman–Crippen LogP) is 2.92. The molecule has 28 heavy (non-hydrogen) atoms. The van der Waals surface area contributed by atoms with Crippen LogP contribution in [0.15, 0.2) is 66.7 Å². The third-order valence-electron chi connectivity index (χ3n) is 4.24. The van der Waals surface area contributed by atoms with Crippen LogP contribution in [0.4, 0.5) is 5.69 Å². The van der Waals surface area contributed by atoms with E-state index < -0.39 is 5.97 Å². The number of anilines is 1. The molecule has 0 spiro atoms. The van der Waals surface area contributed by atoms with E-state index in [-0.39, 0.29) is 24.8 Å². The summed E-state index contributed by atoms with van der Waals surface area (Å²) in [5.74, 6) is -1.11. The van der Waals surface area contributed by atoms with Crippen LogP contribution >= 0.6 is 0 Å². The van der Waals surface area contributed by atoms with Crippen LogP contribution in [0.1, 0.15) is 15.9 Å². The lowest BCUT2D eigenvalue weighted by molar-refractivity contribution is -0.123. The zero-order valence-corrected chi connectivity index (χ0v) is 15.4. The van der Waals surface area contributed by atoms with Gasteiger partial charge in [0.25, 0.3) is 0 Å². The van der Waals surface area contributed by atoms with Gasteiger partial charge in [0.05, 0.1) is 25.6 Å². The predicted molar refractivity (Wildman–Crippen MR) is 107 cm³/mol. The quantitative estimate of drug-likeness (QED) is 0.648. The molecule has 0 aliphatic rings. The Hall–Kier alpha value is -3.67. The van der Waals surface area contributed by atoms with Crippen LogP contribution in [-0.2, 0) is 20.7 Å². The van der Waals surface area contributed by atoms with Gasteiger partial charge in [0.2, 0.25) is 11.8 Å². The molecule has 3 aromatic carbocycles. The molecule has 3 rings (SSSR count). The highest BCUT2D eigenvalue weighted by Gasteiger charge is 2.10. The Morgan fingerprint density at radius 1 is 0.893 bits per heavy atom. The number of methoxy groups -OCH3 is 1. The Morgan fingerprint density at radius 2 is 1.64 bits per heavy atom. The number of benzene rings is 3. The molecule has 0 atom stereocenters. The van der Waals surface area contributed by atoms with Crippen molar-refractivity contribution in [3.05, 3.63) is 77.9 Å². The highest BCUT2D eigenvalue weighted by Crippen LogP contribution is 2.18. The molecule has 0 unspecified atom stereocenters. The maximum absolute atomic E-state index is 12.2. The fourth-order valence-corrected chi connectivity index (χ4v) is 2.91. The summed E-state index contributed by atoms with van der Waals surface area (Å²) in [6.45, 7) is -0.161. The first-order chi connectivity index (χ1) is 13.6. The fraction of sp³-hybridized carbons (Fsp3) is 0.136. The first-order valence-corrected chi connectivity index (χ1v) is 8.78. The van der Waals surface area contributed by atoms with Crippen molar-refractivity contribution >= 4 is 34.2 Å². The summed E-state index contributed by atoms with van der Waals surface area (Å²) in [7, 11) is 1.29. The van der Waals surface area contributed by atoms with Crippen molar-refractivity contribution in [2.24, 2.45) is 0 Å². The number of rotatable bonds is 6. The van der Waals surface area contributed by atoms with Gasteiger partial charge in [-0.3, -0.25) is 9.59 Å². The lowest BCUT2D eigenvalue weighted by Crippen LogP contribution is -2.33. The number of esters is 1. The number of fused-ring (bicyclic) bond motifs is 1. The van der Waals surface area contributed by atoms with Crippen molar-refractivity contribution < 1.29 is 19.1 Å². The van der Waals surface area contributed by atoms with Crippen molar-refractivity contribution in [2.45, 2.75) is 6.42 Å². The largest absolute Gasteiger partial charge is 0.465 e. The van der Waals surface area contributed by atoms with Gasteiger partial charge in [0.1, 0.15) is 0 Å². The molecule has 0 fully saturated rings. The maximum Gasteiger partial charge on any atom is 0.337 e. The zero-order valence-electron chi connectivity index (χ0n) is 15.4. The van der Waals surface area contributed by atoms with Gasteiger partial charge in [0.15, 0.2) is 0 Å². The molecule has 6 heteroatoms. The van der Waals surface area contributed by atoms with Crippen LogP contribution in [0, 0.1) is 0 Å². The molecule has 3 aromatic rings. The fourth-order valence-electron chi connectivity index (χ4n) is 2.91. The van der Waals surface area contributed by atoms with Crippen molar-refractivity contribution in [3.63, 3.8) is 0 Å². The summed E-state index contributed by atoms with van der Waals surface area (Å²) in [5.41, 5.74) is 1.69. The van der Waals surface area contributed by atoms with E-state index in [2.05, 4.69) is 15.4 Å². The maximum atomic E-state index is 12.2. The number of carbonyl (C=O) groups is 3. The number of hydrogen-bond donors (Lipinski definition) is 2. The summed E-state index contributed by atoms with van der Waals surface area (Å²) in [6.07, 6.45) is 0.187. The molecular formula is C22H20N2O4. The van der Waals surface area contributed by atoms with E-state index in [1.165, 1.54) is 13.2 Å². The summed E-state index contributed by atoms with van der Waals surface area (Å²) < 4.78 is 4.65. The molecule has 142 valence electrons. The monoisotopic (exact) mass is 376 g/mol. The molecule has 0 aromatic heterocycles. The van der Waals surface area contributed by atoms with E-state index in [4.69, 9.17) is 0 Å². The first-order valence-electron chi connectivity index (χ1n) is 8.78. The molecule has 0 saturated heterocycles. The molecule has 0 aliphatic heterocycles. The van der Waals surface area contributed by atoms with E-state index >= 15 is 0 Å². The van der Waals surface area contributed by atoms with Gasteiger partial charge in [-0.1, -0.05) is 48.5 Å². The van der Waals surface area contributed by atoms with Crippen LogP contribution in [0.3, 0.4) is 0 Å². The van der Waals surface area contributed by atoms with Gasteiger partial charge < -0.3 is 15.4 Å². The molecule has 2 amide bonds. The van der Waals surface area contributed by atoms with E-state index in [0.717, 1.165) is 16.3 Å². The zero-order chi connectivity index (χ0) is 19.9. The second-order valence-corrected chi connectivity index (χ2v) is 6.21. The van der Waals surface area contributed by atoms with Gasteiger partial charge in [0, 0.05) is 5.69 Å². The molecule has 0 heterocycles. The third-order valence-corrected chi connectivity index (χ3v) is 4.24. The summed E-state index contributed by atoms with van der Waals surface area (Å²) >= 11 is 0. The lowest BCUT2D eigenvalue weighted by atomic mass is 10.0. The number of carbonyl (C=O) groups excluding carboxylic acids is 3. The highest BCUT2D eigenvalue weighted by molar-refractivity contribution is 5.97. The topological polar surface area (TPSA) is 84.5 Å². The molecule has 6 nitrogen and oxygen atoms in total. The molecule has 0 bridgehead atoms. The summed E-state index contributed by atoms with van der Waals surface area (Å²) in [4.78, 5) is 35.9. The molecule has 0 aliphatic carbocycles. The Kier molecular flexibility index (Phi) is 6.01. The summed E-state index contributed by atoms with van der Waals surface area (Å²) in [5, 5.41) is 7.35. The SMILES string of the molecule is COC(=O)c1cccc(NC(=O)CNC(=O)Cc2cccc3ccccc23)c1. The van der Waals surface area contributed by atoms with Crippen LogP contribution in [-0.4, -0.2) is 31.4 Å². The Bertz CT molecular complexity index is 1020. The van der Waals surface area contributed by atoms with E-state index in [9.17, 15) is 14.4 Å². The Labute approximate surface area is 162 Å². The average Bonchev–Trinajstić information content (AvgIpc) is 2.72. The van der Waals surface area contributed by atoms with Crippen LogP contribution in [0.2, 0.25) is 0 Å². The smallest absolute Gasteiger partial charge is 0.337 e. The molecule has 0 saturated carbocycles. The minimum Gasteiger partial charge on any atom is -0.465 e. The minimum atomic E-state index is -0.487. The van der Waals surface area contributed by atoms with Crippen molar-refractivity contribution in [1.82, 2.24) is 5.32 Å². The Morgan fingerprint density at radius 3 is 2.46 bits per heavy atom. The van der Waals surface area contributed by atoms with Gasteiger partial charge in [-0.25, -0.2) is 4.79 Å². The lowest BCUT2D eigenvalue weighted by Gasteiger charge is -2.09. The van der Waals surface area contributed by atoms with Crippen molar-refractivity contribution in [2.75, 3.05) is 19.0 Å². The molecule has 2 N–H and O–H groups in total. The van der Waals surface area contributed by atoms with Gasteiger partial charge in [-0.2, -0.15) is 0 Å². The van der Waals surface area contributed by atoms with Crippen molar-refractivity contribution in [1.29, 1.82) is 0 Å². The highest BCUT2D eigenvalue weighted by atomic mass is 16.5. The third kappa shape index (κ3) is 4.73. The normalized spacial score (nSPS) is 10.3. The molecule has 0 radical (unpaired) electrons. The number of amides is 2. The van der Waals surface area contributed by atoms with Crippen LogP contribution in [0.25, 0.3) is 10.8 Å². The number of ether oxygens (including phenoxy) is 1. The van der Waals surface area contributed by atoms with E-state index in [1.807, 2.05) is 42.5 Å². The van der Waals surface area contributed by atoms with Crippen molar-refractivity contribution in [3.8, 4) is 0 Å². The second-order valence-electron chi connectivity index (χ2n) is 6.21. The van der Waals surface area contributed by atoms with E-state index in [0.29, 0.717) is 11.3 Å². The van der Waals surface area contributed by atoms with Gasteiger partial charge >= 0.3 is 5.97 Å². The Balaban J connectivity index is 1.56. The number of hydrogen-bond acceptors (Lipinski definition) is 4. The average molecular weight is 376 g/mol. The van der Waals surface area contributed by atoms with E-state index in [1.54, 1.807) is 18.2 Å². The molecular weight excluding hydrogens is 356 g/mol. The van der Waals surface area contributed by atoms with Gasteiger partial charge in [-0.05, 0) is 34.5 Å². The first kappa shape index (κ1) is 19.1. The minimum absolute atomic E-state index is 0.161. The van der Waals surface area contributed by atoms with Crippen LogP contribution in [0.5, 0.6) is 0 Å². The number of nitrogens with one attached hydrogen (secondary N) is 2. The van der Waals surface area contributed by atoms with Gasteiger partial charge in [-0.15, -0.1) is 0 Å². The summed E-state index contributed by atoms with van der Waals surface area (Å²) in [6, 6.07) is 20.0.